The van der Waals surface area contributed by atoms with Gasteiger partial charge in [0.05, 0.1) is 5.54 Å². The first-order chi connectivity index (χ1) is 6.04. The maximum Gasteiger partial charge on any atom is 0.240 e. The fraction of sp³-hybridized carbons (Fsp3) is 0.900. The molecule has 0 aromatic heterocycles. The maximum absolute atomic E-state index is 11.5. The van der Waals surface area contributed by atoms with Gasteiger partial charge in [-0.05, 0) is 31.6 Å². The molecule has 1 aliphatic rings. The monoisotopic (exact) mass is 184 g/mol. The summed E-state index contributed by atoms with van der Waals surface area (Å²) in [7, 11) is 0. The van der Waals surface area contributed by atoms with Gasteiger partial charge in [-0.2, -0.15) is 0 Å². The SMILES string of the molecule is CC(C)CCNC(=O)C1(N)CCC1. The Labute approximate surface area is 80.1 Å². The molecule has 0 unspecified atom stereocenters. The molecule has 0 radical (unpaired) electrons. The van der Waals surface area contributed by atoms with E-state index in [9.17, 15) is 4.79 Å². The van der Waals surface area contributed by atoms with E-state index in [0.29, 0.717) is 5.92 Å². The Morgan fingerprint density at radius 3 is 2.54 bits per heavy atom. The van der Waals surface area contributed by atoms with Crippen LogP contribution in [0.2, 0.25) is 0 Å². The van der Waals surface area contributed by atoms with Crippen molar-refractivity contribution in [3.05, 3.63) is 0 Å². The second kappa shape index (κ2) is 4.09. The predicted molar refractivity (Wildman–Crippen MR) is 53.2 cm³/mol. The second-order valence-corrected chi connectivity index (χ2v) is 4.45. The number of rotatable bonds is 4. The van der Waals surface area contributed by atoms with E-state index in [-0.39, 0.29) is 5.91 Å². The molecule has 1 fully saturated rings. The third-order valence-corrected chi connectivity index (χ3v) is 2.71. The van der Waals surface area contributed by atoms with Crippen LogP contribution in [-0.4, -0.2) is 18.0 Å². The molecular weight excluding hydrogens is 164 g/mol. The Balaban J connectivity index is 2.18. The van der Waals surface area contributed by atoms with Gasteiger partial charge >= 0.3 is 0 Å². The molecule has 0 heterocycles. The predicted octanol–water partition coefficient (Wildman–Crippen LogP) is 1.03. The summed E-state index contributed by atoms with van der Waals surface area (Å²) in [4.78, 5) is 11.5. The van der Waals surface area contributed by atoms with Crippen molar-refractivity contribution in [2.24, 2.45) is 11.7 Å². The van der Waals surface area contributed by atoms with E-state index in [1.54, 1.807) is 0 Å². The quantitative estimate of drug-likeness (QED) is 0.685. The fourth-order valence-electron chi connectivity index (χ4n) is 1.44. The fourth-order valence-corrected chi connectivity index (χ4v) is 1.44. The summed E-state index contributed by atoms with van der Waals surface area (Å²) in [6, 6.07) is 0. The minimum atomic E-state index is -0.531. The molecule has 13 heavy (non-hydrogen) atoms. The molecule has 0 atom stereocenters. The molecule has 1 amide bonds. The highest BCUT2D eigenvalue weighted by molar-refractivity contribution is 5.86. The molecule has 0 bridgehead atoms. The van der Waals surface area contributed by atoms with Gasteiger partial charge in [-0.15, -0.1) is 0 Å². The zero-order valence-electron chi connectivity index (χ0n) is 8.60. The zero-order valence-corrected chi connectivity index (χ0v) is 8.60. The molecule has 0 spiro atoms. The van der Waals surface area contributed by atoms with Crippen molar-refractivity contribution in [1.82, 2.24) is 5.32 Å². The van der Waals surface area contributed by atoms with Crippen LogP contribution in [-0.2, 0) is 4.79 Å². The van der Waals surface area contributed by atoms with Crippen molar-refractivity contribution in [2.45, 2.75) is 45.1 Å². The Morgan fingerprint density at radius 2 is 2.15 bits per heavy atom. The maximum atomic E-state index is 11.5. The molecule has 3 N–H and O–H groups in total. The zero-order chi connectivity index (χ0) is 9.90. The third-order valence-electron chi connectivity index (χ3n) is 2.71. The van der Waals surface area contributed by atoms with Crippen LogP contribution in [0.15, 0.2) is 0 Å². The summed E-state index contributed by atoms with van der Waals surface area (Å²) in [5.41, 5.74) is 5.32. The molecule has 0 saturated heterocycles. The van der Waals surface area contributed by atoms with E-state index in [4.69, 9.17) is 5.73 Å². The normalized spacial score (nSPS) is 19.7. The molecule has 1 aliphatic carbocycles. The van der Waals surface area contributed by atoms with Gasteiger partial charge in [0.15, 0.2) is 0 Å². The van der Waals surface area contributed by atoms with Gasteiger partial charge in [0, 0.05) is 6.54 Å². The topological polar surface area (TPSA) is 55.1 Å². The van der Waals surface area contributed by atoms with Crippen molar-refractivity contribution in [1.29, 1.82) is 0 Å². The van der Waals surface area contributed by atoms with Crippen molar-refractivity contribution in [2.75, 3.05) is 6.54 Å². The number of nitrogens with two attached hydrogens (primary N) is 1. The Hall–Kier alpha value is -0.570. The van der Waals surface area contributed by atoms with Crippen molar-refractivity contribution >= 4 is 5.91 Å². The smallest absolute Gasteiger partial charge is 0.240 e. The van der Waals surface area contributed by atoms with Crippen LogP contribution in [0.3, 0.4) is 0 Å². The van der Waals surface area contributed by atoms with Crippen molar-refractivity contribution in [3.8, 4) is 0 Å². The van der Waals surface area contributed by atoms with Crippen LogP contribution >= 0.6 is 0 Å². The van der Waals surface area contributed by atoms with E-state index in [0.717, 1.165) is 32.2 Å². The molecule has 1 rings (SSSR count). The number of hydrogen-bond donors (Lipinski definition) is 2. The van der Waals surface area contributed by atoms with E-state index >= 15 is 0 Å². The number of hydrogen-bond acceptors (Lipinski definition) is 2. The van der Waals surface area contributed by atoms with E-state index in [1.165, 1.54) is 0 Å². The van der Waals surface area contributed by atoms with Gasteiger partial charge in [-0.3, -0.25) is 4.79 Å². The first-order valence-corrected chi connectivity index (χ1v) is 5.12. The average molecular weight is 184 g/mol. The van der Waals surface area contributed by atoms with Gasteiger partial charge < -0.3 is 11.1 Å². The highest BCUT2D eigenvalue weighted by Gasteiger charge is 2.39. The number of amides is 1. The van der Waals surface area contributed by atoms with Crippen LogP contribution in [0, 0.1) is 5.92 Å². The van der Waals surface area contributed by atoms with Crippen LogP contribution < -0.4 is 11.1 Å². The van der Waals surface area contributed by atoms with E-state index in [2.05, 4.69) is 19.2 Å². The Kier molecular flexibility index (Phi) is 3.31. The Morgan fingerprint density at radius 1 is 1.54 bits per heavy atom. The summed E-state index contributed by atoms with van der Waals surface area (Å²) < 4.78 is 0. The van der Waals surface area contributed by atoms with Crippen molar-refractivity contribution < 1.29 is 4.79 Å². The number of carbonyl (C=O) groups is 1. The van der Waals surface area contributed by atoms with E-state index < -0.39 is 5.54 Å². The van der Waals surface area contributed by atoms with Crippen LogP contribution in [0.1, 0.15) is 39.5 Å². The second-order valence-electron chi connectivity index (χ2n) is 4.45. The van der Waals surface area contributed by atoms with E-state index in [1.807, 2.05) is 0 Å². The van der Waals surface area contributed by atoms with Crippen LogP contribution in [0.25, 0.3) is 0 Å². The largest absolute Gasteiger partial charge is 0.354 e. The Bertz CT molecular complexity index is 185. The minimum absolute atomic E-state index is 0.0411. The lowest BCUT2D eigenvalue weighted by molar-refractivity contribution is -0.129. The van der Waals surface area contributed by atoms with Gasteiger partial charge in [-0.1, -0.05) is 13.8 Å². The first-order valence-electron chi connectivity index (χ1n) is 5.12. The lowest BCUT2D eigenvalue weighted by Gasteiger charge is -2.36. The van der Waals surface area contributed by atoms with Gasteiger partial charge in [0.2, 0.25) is 5.91 Å². The summed E-state index contributed by atoms with van der Waals surface area (Å²) in [6.07, 6.45) is 3.82. The summed E-state index contributed by atoms with van der Waals surface area (Å²) >= 11 is 0. The molecule has 76 valence electrons. The summed E-state index contributed by atoms with van der Waals surface area (Å²) in [5, 5.41) is 2.89. The standard InChI is InChI=1S/C10H20N2O/c1-8(2)4-7-12-9(13)10(11)5-3-6-10/h8H,3-7,11H2,1-2H3,(H,12,13). The first kappa shape index (κ1) is 10.5. The highest BCUT2D eigenvalue weighted by atomic mass is 16.2. The average Bonchev–Trinajstić information content (AvgIpc) is 1.99. The lowest BCUT2D eigenvalue weighted by Crippen LogP contribution is -2.58. The highest BCUT2D eigenvalue weighted by Crippen LogP contribution is 2.28. The number of nitrogens with one attached hydrogen (secondary N) is 1. The minimum Gasteiger partial charge on any atom is -0.354 e. The molecular formula is C10H20N2O. The van der Waals surface area contributed by atoms with Crippen LogP contribution in [0.5, 0.6) is 0 Å². The summed E-state index contributed by atoms with van der Waals surface area (Å²) in [5.74, 6) is 0.676. The molecule has 3 heteroatoms. The number of carbonyl (C=O) groups excluding carboxylic acids is 1. The molecule has 0 aromatic carbocycles. The third kappa shape index (κ3) is 2.69. The van der Waals surface area contributed by atoms with Crippen molar-refractivity contribution in [3.63, 3.8) is 0 Å². The lowest BCUT2D eigenvalue weighted by atomic mass is 9.77. The van der Waals surface area contributed by atoms with Gasteiger partial charge in [0.25, 0.3) is 0 Å². The molecule has 0 aromatic rings. The van der Waals surface area contributed by atoms with Gasteiger partial charge in [-0.25, -0.2) is 0 Å². The van der Waals surface area contributed by atoms with Gasteiger partial charge in [0.1, 0.15) is 0 Å². The molecule has 1 saturated carbocycles. The molecule has 3 nitrogen and oxygen atoms in total. The van der Waals surface area contributed by atoms with Crippen LogP contribution in [0.4, 0.5) is 0 Å². The molecule has 0 aliphatic heterocycles. The summed E-state index contributed by atoms with van der Waals surface area (Å²) in [6.45, 7) is 5.05.